The molecule has 0 aliphatic carbocycles. The van der Waals surface area contributed by atoms with Gasteiger partial charge >= 0.3 is 0 Å². The summed E-state index contributed by atoms with van der Waals surface area (Å²) >= 11 is 0. The van der Waals surface area contributed by atoms with Crippen LogP contribution in [0.2, 0.25) is 0 Å². The van der Waals surface area contributed by atoms with Crippen molar-refractivity contribution in [3.63, 3.8) is 0 Å². The molecule has 0 radical (unpaired) electrons. The Kier molecular flexibility index (Phi) is 3.92. The molecule has 2 aromatic rings. The monoisotopic (exact) mass is 248 g/mol. The lowest BCUT2D eigenvalue weighted by Crippen LogP contribution is -1.99. The molecule has 2 aromatic carbocycles. The molecule has 1 nitrogen and oxygen atoms in total. The molecule has 2 rings (SSSR count). The van der Waals surface area contributed by atoms with E-state index < -0.39 is 11.6 Å². The molecule has 0 aliphatic heterocycles. The van der Waals surface area contributed by atoms with Gasteiger partial charge in [-0.2, -0.15) is 0 Å². The lowest BCUT2D eigenvalue weighted by atomic mass is 10.1. The van der Waals surface area contributed by atoms with E-state index in [2.05, 4.69) is 0 Å². The van der Waals surface area contributed by atoms with Gasteiger partial charge in [0.1, 0.15) is 24.0 Å². The molecule has 0 saturated heterocycles. The molecule has 0 fully saturated rings. The molecule has 94 valence electrons. The number of ether oxygens (including phenoxy) is 1. The number of halogens is 2. The van der Waals surface area contributed by atoms with Crippen LogP contribution in [0.5, 0.6) is 5.75 Å². The van der Waals surface area contributed by atoms with E-state index in [1.54, 1.807) is 6.07 Å². The minimum Gasteiger partial charge on any atom is -0.489 e. The van der Waals surface area contributed by atoms with Crippen molar-refractivity contribution in [2.75, 3.05) is 0 Å². The molecule has 0 bridgehead atoms. The predicted octanol–water partition coefficient (Wildman–Crippen LogP) is 4.11. The molecule has 0 unspecified atom stereocenters. The van der Waals surface area contributed by atoms with Crippen LogP contribution in [-0.4, -0.2) is 0 Å². The van der Waals surface area contributed by atoms with E-state index in [0.29, 0.717) is 5.75 Å². The Morgan fingerprint density at radius 2 is 1.89 bits per heavy atom. The van der Waals surface area contributed by atoms with Gasteiger partial charge in [-0.1, -0.05) is 19.1 Å². The smallest absolute Gasteiger partial charge is 0.130 e. The minimum absolute atomic E-state index is 0.0246. The third-order valence-corrected chi connectivity index (χ3v) is 2.71. The van der Waals surface area contributed by atoms with Crippen LogP contribution in [0.1, 0.15) is 18.1 Å². The van der Waals surface area contributed by atoms with Gasteiger partial charge < -0.3 is 4.74 Å². The largest absolute Gasteiger partial charge is 0.489 e. The van der Waals surface area contributed by atoms with Crippen molar-refractivity contribution in [1.29, 1.82) is 0 Å². The Morgan fingerprint density at radius 1 is 1.06 bits per heavy atom. The quantitative estimate of drug-likeness (QED) is 0.791. The van der Waals surface area contributed by atoms with E-state index in [1.807, 2.05) is 25.1 Å². The maximum absolute atomic E-state index is 13.4. The number of hydrogen-bond donors (Lipinski definition) is 0. The normalized spacial score (nSPS) is 10.4. The van der Waals surface area contributed by atoms with Gasteiger partial charge in [0.15, 0.2) is 0 Å². The van der Waals surface area contributed by atoms with Crippen LogP contribution in [-0.2, 0) is 13.0 Å². The Balaban J connectivity index is 2.08. The van der Waals surface area contributed by atoms with Crippen molar-refractivity contribution >= 4 is 0 Å². The van der Waals surface area contributed by atoms with Gasteiger partial charge in [-0.25, -0.2) is 8.78 Å². The highest BCUT2D eigenvalue weighted by atomic mass is 19.1. The molecular formula is C15H14F2O. The van der Waals surface area contributed by atoms with Gasteiger partial charge in [0.2, 0.25) is 0 Å². The third-order valence-electron chi connectivity index (χ3n) is 2.71. The summed E-state index contributed by atoms with van der Waals surface area (Å²) in [4.78, 5) is 0. The lowest BCUT2D eigenvalue weighted by molar-refractivity contribution is 0.298. The van der Waals surface area contributed by atoms with Crippen molar-refractivity contribution in [2.24, 2.45) is 0 Å². The second-order valence-electron chi connectivity index (χ2n) is 4.03. The first-order valence-electron chi connectivity index (χ1n) is 5.84. The van der Waals surface area contributed by atoms with E-state index in [4.69, 9.17) is 4.74 Å². The van der Waals surface area contributed by atoms with Crippen LogP contribution in [0, 0.1) is 11.6 Å². The van der Waals surface area contributed by atoms with Crippen LogP contribution in [0.15, 0.2) is 42.5 Å². The Labute approximate surface area is 105 Å². The fourth-order valence-corrected chi connectivity index (χ4v) is 1.67. The third kappa shape index (κ3) is 3.06. The second-order valence-corrected chi connectivity index (χ2v) is 4.03. The van der Waals surface area contributed by atoms with Crippen molar-refractivity contribution in [3.05, 3.63) is 65.2 Å². The summed E-state index contributed by atoms with van der Waals surface area (Å²) in [7, 11) is 0. The molecule has 0 amide bonds. The standard InChI is InChI=1S/C15H14F2O/c1-2-11-4-3-5-14(8-11)18-10-12-9-13(16)6-7-15(12)17/h3-9H,2,10H2,1H3. The summed E-state index contributed by atoms with van der Waals surface area (Å²) in [6.07, 6.45) is 0.908. The van der Waals surface area contributed by atoms with E-state index in [-0.39, 0.29) is 12.2 Å². The molecule has 0 atom stereocenters. The zero-order valence-electron chi connectivity index (χ0n) is 10.1. The minimum atomic E-state index is -0.461. The number of aryl methyl sites for hydroxylation is 1. The summed E-state index contributed by atoms with van der Waals surface area (Å²) in [5.74, 6) is -0.252. The van der Waals surface area contributed by atoms with E-state index in [0.717, 1.165) is 30.2 Å². The SMILES string of the molecule is CCc1cccc(OCc2cc(F)ccc2F)c1. The van der Waals surface area contributed by atoms with Gasteiger partial charge in [-0.05, 0) is 42.3 Å². The topological polar surface area (TPSA) is 9.23 Å². The maximum Gasteiger partial charge on any atom is 0.130 e. The van der Waals surface area contributed by atoms with Crippen LogP contribution >= 0.6 is 0 Å². The zero-order chi connectivity index (χ0) is 13.0. The number of benzene rings is 2. The molecule has 0 saturated carbocycles. The molecule has 18 heavy (non-hydrogen) atoms. The first-order chi connectivity index (χ1) is 8.69. The van der Waals surface area contributed by atoms with Gasteiger partial charge in [0, 0.05) is 5.56 Å². The number of rotatable bonds is 4. The Morgan fingerprint density at radius 3 is 2.67 bits per heavy atom. The summed E-state index contributed by atoms with van der Waals surface area (Å²) < 4.78 is 31.8. The fourth-order valence-electron chi connectivity index (χ4n) is 1.67. The van der Waals surface area contributed by atoms with Crippen molar-refractivity contribution in [3.8, 4) is 5.75 Å². The van der Waals surface area contributed by atoms with Crippen LogP contribution in [0.4, 0.5) is 8.78 Å². The second kappa shape index (κ2) is 5.63. The summed E-state index contributed by atoms with van der Waals surface area (Å²) in [6, 6.07) is 10.9. The molecule has 0 spiro atoms. The van der Waals surface area contributed by atoms with Crippen LogP contribution in [0.3, 0.4) is 0 Å². The van der Waals surface area contributed by atoms with E-state index in [1.165, 1.54) is 0 Å². The van der Waals surface area contributed by atoms with Gasteiger partial charge in [-0.15, -0.1) is 0 Å². The maximum atomic E-state index is 13.4. The van der Waals surface area contributed by atoms with Crippen molar-refractivity contribution in [1.82, 2.24) is 0 Å². The zero-order valence-corrected chi connectivity index (χ0v) is 10.1. The highest BCUT2D eigenvalue weighted by Gasteiger charge is 2.05. The lowest BCUT2D eigenvalue weighted by Gasteiger charge is -2.08. The summed E-state index contributed by atoms with van der Waals surface area (Å²) in [5.41, 5.74) is 1.36. The first-order valence-corrected chi connectivity index (χ1v) is 5.84. The highest BCUT2D eigenvalue weighted by molar-refractivity contribution is 5.29. The first kappa shape index (κ1) is 12.6. The fraction of sp³-hybridized carbons (Fsp3) is 0.200. The highest BCUT2D eigenvalue weighted by Crippen LogP contribution is 2.17. The molecular weight excluding hydrogens is 234 g/mol. The summed E-state index contributed by atoms with van der Waals surface area (Å²) in [6.45, 7) is 2.07. The predicted molar refractivity (Wildman–Crippen MR) is 66.5 cm³/mol. The Bertz CT molecular complexity index is 538. The van der Waals surface area contributed by atoms with Gasteiger partial charge in [-0.3, -0.25) is 0 Å². The van der Waals surface area contributed by atoms with Crippen molar-refractivity contribution < 1.29 is 13.5 Å². The van der Waals surface area contributed by atoms with Gasteiger partial charge in [0.25, 0.3) is 0 Å². The van der Waals surface area contributed by atoms with Crippen LogP contribution < -0.4 is 4.74 Å². The van der Waals surface area contributed by atoms with Gasteiger partial charge in [0.05, 0.1) is 0 Å². The molecule has 0 N–H and O–H groups in total. The summed E-state index contributed by atoms with van der Waals surface area (Å²) in [5, 5.41) is 0. The molecule has 0 aliphatic rings. The number of hydrogen-bond acceptors (Lipinski definition) is 1. The van der Waals surface area contributed by atoms with E-state index >= 15 is 0 Å². The molecule has 3 heteroatoms. The Hall–Kier alpha value is -1.90. The molecule has 0 heterocycles. The average molecular weight is 248 g/mol. The average Bonchev–Trinajstić information content (AvgIpc) is 2.40. The van der Waals surface area contributed by atoms with E-state index in [9.17, 15) is 8.78 Å². The van der Waals surface area contributed by atoms with Crippen molar-refractivity contribution in [2.45, 2.75) is 20.0 Å². The van der Waals surface area contributed by atoms with Crippen LogP contribution in [0.25, 0.3) is 0 Å². The molecule has 0 aromatic heterocycles.